The van der Waals surface area contributed by atoms with E-state index in [4.69, 9.17) is 21.4 Å². The van der Waals surface area contributed by atoms with Crippen LogP contribution in [0.5, 0.6) is 0 Å². The van der Waals surface area contributed by atoms with Crippen LogP contribution >= 0.6 is 0 Å². The lowest BCUT2D eigenvalue weighted by Crippen LogP contribution is -2.56. The van der Waals surface area contributed by atoms with Gasteiger partial charge >= 0.3 is 0 Å². The van der Waals surface area contributed by atoms with Crippen molar-refractivity contribution >= 4 is 17.2 Å². The van der Waals surface area contributed by atoms with Crippen molar-refractivity contribution in [2.45, 2.75) is 84.2 Å². The maximum absolute atomic E-state index is 14.0. The standard InChI is InChI=1S/C29H44F2N6/c1-7-9-23(12-13-29(6,18-32)22-10-11-24(30)25(31)16-22)37-15-14-36(17-20(37)4)28-21(5)34-26(19(3)8-2)27(33)35-28/h10-11,16,20,23H,3,7-9,12-15,17-18,32H2,1-2,4-6H3,(H2,33,35). The molecule has 3 rings (SSSR count). The minimum atomic E-state index is -0.828. The lowest BCUT2D eigenvalue weighted by Gasteiger charge is -2.45. The van der Waals surface area contributed by atoms with E-state index in [-0.39, 0.29) is 0 Å². The Labute approximate surface area is 221 Å². The summed E-state index contributed by atoms with van der Waals surface area (Å²) in [4.78, 5) is 14.3. The zero-order chi connectivity index (χ0) is 27.3. The molecule has 1 aromatic heterocycles. The van der Waals surface area contributed by atoms with Crippen LogP contribution in [0, 0.1) is 18.6 Å². The van der Waals surface area contributed by atoms with Gasteiger partial charge < -0.3 is 16.4 Å². The molecule has 1 aromatic carbocycles. The molecule has 1 fully saturated rings. The van der Waals surface area contributed by atoms with Crippen LogP contribution in [0.25, 0.3) is 5.57 Å². The second-order valence-electron chi connectivity index (χ2n) is 10.7. The van der Waals surface area contributed by atoms with E-state index in [0.717, 1.165) is 74.4 Å². The van der Waals surface area contributed by atoms with Gasteiger partial charge in [0.05, 0.1) is 5.69 Å². The number of allylic oxidation sites excluding steroid dienone is 1. The number of hydrogen-bond acceptors (Lipinski definition) is 6. The fourth-order valence-electron chi connectivity index (χ4n) is 5.49. The lowest BCUT2D eigenvalue weighted by atomic mass is 9.77. The monoisotopic (exact) mass is 514 g/mol. The van der Waals surface area contributed by atoms with Gasteiger partial charge in [-0.25, -0.2) is 18.7 Å². The molecule has 6 nitrogen and oxygen atoms in total. The molecule has 0 spiro atoms. The van der Waals surface area contributed by atoms with Crippen molar-refractivity contribution in [3.05, 3.63) is 53.4 Å². The Morgan fingerprint density at radius 2 is 1.92 bits per heavy atom. The fraction of sp³-hybridized carbons (Fsp3) is 0.586. The average Bonchev–Trinajstić information content (AvgIpc) is 2.88. The van der Waals surface area contributed by atoms with Crippen LogP contribution in [0.4, 0.5) is 20.4 Å². The Morgan fingerprint density at radius 3 is 2.51 bits per heavy atom. The van der Waals surface area contributed by atoms with Crippen molar-refractivity contribution in [3.63, 3.8) is 0 Å². The molecule has 1 saturated heterocycles. The van der Waals surface area contributed by atoms with E-state index in [1.165, 1.54) is 12.1 Å². The van der Waals surface area contributed by atoms with Crippen LogP contribution in [0.15, 0.2) is 24.8 Å². The van der Waals surface area contributed by atoms with Gasteiger partial charge in [-0.15, -0.1) is 0 Å². The molecule has 0 amide bonds. The predicted molar refractivity (Wildman–Crippen MR) is 150 cm³/mol. The van der Waals surface area contributed by atoms with Crippen molar-refractivity contribution in [3.8, 4) is 0 Å². The quantitative estimate of drug-likeness (QED) is 0.415. The topological polar surface area (TPSA) is 84.3 Å². The van der Waals surface area contributed by atoms with E-state index in [2.05, 4.69) is 30.2 Å². The highest BCUT2D eigenvalue weighted by atomic mass is 19.2. The molecular weight excluding hydrogens is 470 g/mol. The summed E-state index contributed by atoms with van der Waals surface area (Å²) in [6.07, 6.45) is 4.67. The van der Waals surface area contributed by atoms with Crippen LogP contribution in [0.1, 0.15) is 76.8 Å². The first-order chi connectivity index (χ1) is 17.5. The highest BCUT2D eigenvalue weighted by molar-refractivity contribution is 5.70. The van der Waals surface area contributed by atoms with E-state index < -0.39 is 17.0 Å². The molecule has 1 aliphatic heterocycles. The largest absolute Gasteiger partial charge is 0.382 e. The van der Waals surface area contributed by atoms with Gasteiger partial charge in [-0.1, -0.05) is 39.8 Å². The van der Waals surface area contributed by atoms with Crippen LogP contribution in [-0.2, 0) is 5.41 Å². The van der Waals surface area contributed by atoms with Crippen molar-refractivity contribution in [2.24, 2.45) is 5.73 Å². The number of nitrogen functional groups attached to an aromatic ring is 1. The summed E-state index contributed by atoms with van der Waals surface area (Å²) in [5.74, 6) is -0.370. The number of nitrogens with two attached hydrogens (primary N) is 2. The van der Waals surface area contributed by atoms with E-state index in [1.54, 1.807) is 6.07 Å². The van der Waals surface area contributed by atoms with Gasteiger partial charge in [0, 0.05) is 43.7 Å². The summed E-state index contributed by atoms with van der Waals surface area (Å²) in [5, 5.41) is 0. The van der Waals surface area contributed by atoms with Crippen molar-refractivity contribution in [1.29, 1.82) is 0 Å². The summed E-state index contributed by atoms with van der Waals surface area (Å²) < 4.78 is 27.5. The smallest absolute Gasteiger partial charge is 0.159 e. The molecule has 3 unspecified atom stereocenters. The molecule has 204 valence electrons. The molecule has 0 bridgehead atoms. The van der Waals surface area contributed by atoms with Crippen molar-refractivity contribution < 1.29 is 8.78 Å². The predicted octanol–water partition coefficient (Wildman–Crippen LogP) is 5.44. The molecule has 0 saturated carbocycles. The molecule has 3 atom stereocenters. The molecule has 1 aliphatic rings. The Morgan fingerprint density at radius 1 is 1.19 bits per heavy atom. The number of aryl methyl sites for hydroxylation is 1. The molecule has 4 N–H and O–H groups in total. The third kappa shape index (κ3) is 6.47. The molecule has 2 aromatic rings. The van der Waals surface area contributed by atoms with Crippen molar-refractivity contribution in [2.75, 3.05) is 36.8 Å². The van der Waals surface area contributed by atoms with Gasteiger partial charge in [-0.2, -0.15) is 0 Å². The number of benzene rings is 1. The van der Waals surface area contributed by atoms with Gasteiger partial charge in [0.25, 0.3) is 0 Å². The van der Waals surface area contributed by atoms with E-state index >= 15 is 0 Å². The highest BCUT2D eigenvalue weighted by Crippen LogP contribution is 2.33. The number of halogens is 2. The van der Waals surface area contributed by atoms with E-state index in [9.17, 15) is 8.78 Å². The van der Waals surface area contributed by atoms with Gasteiger partial charge in [0.15, 0.2) is 23.3 Å². The average molecular weight is 515 g/mol. The maximum atomic E-state index is 14.0. The number of nitrogens with zero attached hydrogens (tertiary/aromatic N) is 4. The van der Waals surface area contributed by atoms with Crippen LogP contribution in [-0.4, -0.2) is 53.1 Å². The minimum absolute atomic E-state index is 0.311. The van der Waals surface area contributed by atoms with Gasteiger partial charge in [-0.05, 0) is 62.8 Å². The second kappa shape index (κ2) is 12.3. The summed E-state index contributed by atoms with van der Waals surface area (Å²) in [7, 11) is 0. The Bertz CT molecular complexity index is 1090. The molecule has 2 heterocycles. The first kappa shape index (κ1) is 29.0. The Kier molecular flexibility index (Phi) is 9.64. The Balaban J connectivity index is 1.72. The van der Waals surface area contributed by atoms with Gasteiger partial charge in [0.1, 0.15) is 5.69 Å². The SMILES string of the molecule is C=C(CC)c1nc(C)c(N2CCN(C(CCC)CCC(C)(CN)c3ccc(F)c(F)c3)C(C)C2)nc1N. The molecule has 0 aliphatic carbocycles. The number of piperazine rings is 1. The fourth-order valence-corrected chi connectivity index (χ4v) is 5.49. The van der Waals surface area contributed by atoms with Gasteiger partial charge in [-0.3, -0.25) is 4.90 Å². The zero-order valence-electron chi connectivity index (χ0n) is 23.2. The van der Waals surface area contributed by atoms with E-state index in [1.807, 2.05) is 20.8 Å². The highest BCUT2D eigenvalue weighted by Gasteiger charge is 2.33. The molecule has 0 radical (unpaired) electrons. The first-order valence-corrected chi connectivity index (χ1v) is 13.5. The third-order valence-electron chi connectivity index (χ3n) is 8.00. The number of rotatable bonds is 11. The summed E-state index contributed by atoms with van der Waals surface area (Å²) >= 11 is 0. The van der Waals surface area contributed by atoms with Crippen molar-refractivity contribution in [1.82, 2.24) is 14.9 Å². The van der Waals surface area contributed by atoms with Gasteiger partial charge in [0.2, 0.25) is 0 Å². The Hall–Kier alpha value is -2.58. The van der Waals surface area contributed by atoms with E-state index in [0.29, 0.717) is 30.1 Å². The summed E-state index contributed by atoms with van der Waals surface area (Å²) in [5.41, 5.74) is 15.2. The molecule has 8 heteroatoms. The molecule has 37 heavy (non-hydrogen) atoms. The minimum Gasteiger partial charge on any atom is -0.382 e. The molecular formula is C29H44F2N6. The van der Waals surface area contributed by atoms with Crippen LogP contribution < -0.4 is 16.4 Å². The number of hydrogen-bond donors (Lipinski definition) is 2. The first-order valence-electron chi connectivity index (χ1n) is 13.5. The summed E-state index contributed by atoms with van der Waals surface area (Å²) in [6, 6.07) is 4.86. The number of anilines is 2. The second-order valence-corrected chi connectivity index (χ2v) is 10.7. The normalized spacial score (nSPS) is 19.0. The third-order valence-corrected chi connectivity index (χ3v) is 8.00. The number of aromatic nitrogens is 2. The lowest BCUT2D eigenvalue weighted by molar-refractivity contribution is 0.108. The summed E-state index contributed by atoms with van der Waals surface area (Å²) in [6.45, 7) is 17.6. The zero-order valence-corrected chi connectivity index (χ0v) is 23.2. The van der Waals surface area contributed by atoms with Crippen LogP contribution in [0.2, 0.25) is 0 Å². The van der Waals surface area contributed by atoms with Crippen LogP contribution in [0.3, 0.4) is 0 Å². The maximum Gasteiger partial charge on any atom is 0.159 e.